The fraction of sp³-hybridized carbons (Fsp3) is 0.500. The van der Waals surface area contributed by atoms with Gasteiger partial charge < -0.3 is 10.1 Å². The smallest absolute Gasteiger partial charge is 0.119 e. The normalized spacial score (nSPS) is 15.5. The van der Waals surface area contributed by atoms with Crippen LogP contribution in [0.25, 0.3) is 0 Å². The number of rotatable bonds is 3. The van der Waals surface area contributed by atoms with Crippen LogP contribution in [0.3, 0.4) is 0 Å². The van der Waals surface area contributed by atoms with Gasteiger partial charge in [-0.05, 0) is 6.42 Å². The van der Waals surface area contributed by atoms with Gasteiger partial charge in [0.2, 0.25) is 0 Å². The zero-order chi connectivity index (χ0) is 7.23. The van der Waals surface area contributed by atoms with E-state index in [0.29, 0.717) is 0 Å². The van der Waals surface area contributed by atoms with Crippen LogP contribution in [0.2, 0.25) is 0 Å². The van der Waals surface area contributed by atoms with Crippen LogP contribution in [0.4, 0.5) is 0 Å². The average Bonchev–Trinajstić information content (AvgIpc) is 2.03. The van der Waals surface area contributed by atoms with Crippen LogP contribution in [0.1, 0.15) is 26.2 Å². The summed E-state index contributed by atoms with van der Waals surface area (Å²) in [5.74, 6) is 1.03. The van der Waals surface area contributed by atoms with Crippen molar-refractivity contribution in [3.63, 3.8) is 0 Å². The third-order valence-corrected chi connectivity index (χ3v) is 1.40. The molecule has 0 aromatic heterocycles. The van der Waals surface area contributed by atoms with Crippen molar-refractivity contribution in [2.45, 2.75) is 26.2 Å². The van der Waals surface area contributed by atoms with E-state index >= 15 is 0 Å². The highest BCUT2D eigenvalue weighted by atomic mass is 16.5. The minimum Gasteiger partial charge on any atom is -0.466 e. The van der Waals surface area contributed by atoms with Gasteiger partial charge in [0.05, 0.1) is 0 Å². The predicted molar refractivity (Wildman–Crippen MR) is 41.0 cm³/mol. The molecule has 0 atom stereocenters. The molecule has 0 radical (unpaired) electrons. The van der Waals surface area contributed by atoms with Crippen molar-refractivity contribution in [1.29, 1.82) is 0 Å². The number of hydrogen-bond donors (Lipinski definition) is 1. The molecule has 2 nitrogen and oxygen atoms in total. The largest absolute Gasteiger partial charge is 0.466 e. The second-order valence-electron chi connectivity index (χ2n) is 2.30. The Labute approximate surface area is 61.6 Å². The fourth-order valence-electron chi connectivity index (χ4n) is 0.818. The van der Waals surface area contributed by atoms with Crippen LogP contribution in [-0.4, -0.2) is 0 Å². The van der Waals surface area contributed by atoms with Gasteiger partial charge in [-0.15, -0.1) is 0 Å². The molecule has 2 heteroatoms. The number of allylic oxidation sites excluding steroid dienone is 1. The lowest BCUT2D eigenvalue weighted by atomic mass is 10.2. The molecule has 0 aromatic rings. The summed E-state index contributed by atoms with van der Waals surface area (Å²) in [6, 6.07) is 0. The molecule has 0 aromatic carbocycles. The van der Waals surface area contributed by atoms with E-state index in [1.54, 1.807) is 12.5 Å². The Kier molecular flexibility index (Phi) is 2.87. The van der Waals surface area contributed by atoms with E-state index in [0.717, 1.165) is 12.2 Å². The molecule has 10 heavy (non-hydrogen) atoms. The Morgan fingerprint density at radius 3 is 3.10 bits per heavy atom. The van der Waals surface area contributed by atoms with Crippen molar-refractivity contribution in [1.82, 2.24) is 5.32 Å². The van der Waals surface area contributed by atoms with Crippen LogP contribution in [-0.2, 0) is 4.74 Å². The SMILES string of the molecule is CCCCC1=CNC=CO1. The van der Waals surface area contributed by atoms with Crippen molar-refractivity contribution < 1.29 is 4.74 Å². The van der Waals surface area contributed by atoms with Gasteiger partial charge in [-0.1, -0.05) is 13.3 Å². The van der Waals surface area contributed by atoms with Crippen LogP contribution >= 0.6 is 0 Å². The van der Waals surface area contributed by atoms with E-state index in [4.69, 9.17) is 4.74 Å². The monoisotopic (exact) mass is 139 g/mol. The van der Waals surface area contributed by atoms with Crippen molar-refractivity contribution in [3.05, 3.63) is 24.4 Å². The zero-order valence-corrected chi connectivity index (χ0v) is 6.26. The molecule has 1 aliphatic heterocycles. The highest BCUT2D eigenvalue weighted by Gasteiger charge is 1.97. The van der Waals surface area contributed by atoms with Gasteiger partial charge in [-0.3, -0.25) is 0 Å². The highest BCUT2D eigenvalue weighted by molar-refractivity contribution is 5.00. The first-order valence-corrected chi connectivity index (χ1v) is 3.70. The quantitative estimate of drug-likeness (QED) is 0.646. The standard InChI is InChI=1S/C8H13NO/c1-2-3-4-8-7-9-5-6-10-8/h5-7,9H,2-4H2,1H3. The number of nitrogens with one attached hydrogen (secondary N) is 1. The fourth-order valence-corrected chi connectivity index (χ4v) is 0.818. The van der Waals surface area contributed by atoms with Gasteiger partial charge in [0, 0.05) is 18.8 Å². The molecule has 0 bridgehead atoms. The maximum Gasteiger partial charge on any atom is 0.119 e. The summed E-state index contributed by atoms with van der Waals surface area (Å²) in [5, 5.41) is 2.98. The molecule has 0 saturated heterocycles. The summed E-state index contributed by atoms with van der Waals surface area (Å²) < 4.78 is 5.20. The summed E-state index contributed by atoms with van der Waals surface area (Å²) in [6.45, 7) is 2.17. The summed E-state index contributed by atoms with van der Waals surface area (Å²) >= 11 is 0. The minimum absolute atomic E-state index is 1.03. The van der Waals surface area contributed by atoms with Gasteiger partial charge in [0.15, 0.2) is 0 Å². The Morgan fingerprint density at radius 2 is 2.50 bits per heavy atom. The maximum absolute atomic E-state index is 5.20. The Hall–Kier alpha value is -0.920. The van der Waals surface area contributed by atoms with Gasteiger partial charge in [0.1, 0.15) is 12.0 Å². The lowest BCUT2D eigenvalue weighted by Gasteiger charge is -2.08. The average molecular weight is 139 g/mol. The Morgan fingerprint density at radius 1 is 1.60 bits per heavy atom. The second-order valence-corrected chi connectivity index (χ2v) is 2.30. The molecular weight excluding hydrogens is 126 g/mol. The molecule has 0 spiro atoms. The molecule has 0 amide bonds. The van der Waals surface area contributed by atoms with Gasteiger partial charge in [-0.25, -0.2) is 0 Å². The predicted octanol–water partition coefficient (Wildman–Crippen LogP) is 2.11. The van der Waals surface area contributed by atoms with E-state index in [1.807, 2.05) is 6.20 Å². The molecular formula is C8H13NO. The van der Waals surface area contributed by atoms with Crippen LogP contribution < -0.4 is 5.32 Å². The van der Waals surface area contributed by atoms with E-state index < -0.39 is 0 Å². The van der Waals surface area contributed by atoms with Crippen molar-refractivity contribution in [2.24, 2.45) is 0 Å². The second kappa shape index (κ2) is 3.99. The summed E-state index contributed by atoms with van der Waals surface area (Å²) in [6.07, 6.45) is 8.79. The van der Waals surface area contributed by atoms with E-state index in [-0.39, 0.29) is 0 Å². The molecule has 1 N–H and O–H groups in total. The molecule has 0 unspecified atom stereocenters. The number of hydrogen-bond acceptors (Lipinski definition) is 2. The Balaban J connectivity index is 2.21. The summed E-state index contributed by atoms with van der Waals surface area (Å²) in [4.78, 5) is 0. The van der Waals surface area contributed by atoms with Gasteiger partial charge >= 0.3 is 0 Å². The van der Waals surface area contributed by atoms with Crippen LogP contribution in [0, 0.1) is 0 Å². The topological polar surface area (TPSA) is 21.3 Å². The minimum atomic E-state index is 1.03. The third kappa shape index (κ3) is 2.13. The van der Waals surface area contributed by atoms with E-state index in [9.17, 15) is 0 Å². The lowest BCUT2D eigenvalue weighted by Crippen LogP contribution is -2.02. The number of unbranched alkanes of at least 4 members (excludes halogenated alkanes) is 1. The first kappa shape index (κ1) is 7.19. The first-order valence-electron chi connectivity index (χ1n) is 3.70. The summed E-state index contributed by atoms with van der Waals surface area (Å²) in [7, 11) is 0. The van der Waals surface area contributed by atoms with Gasteiger partial charge in [-0.2, -0.15) is 0 Å². The summed E-state index contributed by atoms with van der Waals surface area (Å²) in [5.41, 5.74) is 0. The number of ether oxygens (including phenoxy) is 1. The molecule has 56 valence electrons. The Bertz CT molecular complexity index is 149. The molecule has 0 fully saturated rings. The van der Waals surface area contributed by atoms with Crippen molar-refractivity contribution in [2.75, 3.05) is 0 Å². The molecule has 1 rings (SSSR count). The van der Waals surface area contributed by atoms with Crippen LogP contribution in [0.5, 0.6) is 0 Å². The molecule has 1 heterocycles. The third-order valence-electron chi connectivity index (χ3n) is 1.40. The highest BCUT2D eigenvalue weighted by Crippen LogP contribution is 2.09. The van der Waals surface area contributed by atoms with Crippen molar-refractivity contribution in [3.8, 4) is 0 Å². The van der Waals surface area contributed by atoms with Crippen LogP contribution in [0.15, 0.2) is 24.4 Å². The van der Waals surface area contributed by atoms with E-state index in [2.05, 4.69) is 12.2 Å². The molecule has 1 aliphatic rings. The molecule has 0 aliphatic carbocycles. The molecule has 0 saturated carbocycles. The lowest BCUT2D eigenvalue weighted by molar-refractivity contribution is 0.317. The first-order chi connectivity index (χ1) is 4.93. The maximum atomic E-state index is 5.20. The van der Waals surface area contributed by atoms with Crippen molar-refractivity contribution >= 4 is 0 Å². The van der Waals surface area contributed by atoms with Gasteiger partial charge in [0.25, 0.3) is 0 Å². The zero-order valence-electron chi connectivity index (χ0n) is 6.26. The van der Waals surface area contributed by atoms with E-state index in [1.165, 1.54) is 12.8 Å².